The molecule has 2 aliphatic carbocycles. The third-order valence-electron chi connectivity index (χ3n) is 5.30. The van der Waals surface area contributed by atoms with Crippen LogP contribution in [0.5, 0.6) is 0 Å². The Bertz CT molecular complexity index is 663. The number of aryl methyl sites for hydroxylation is 1. The average Bonchev–Trinajstić information content (AvgIpc) is 3.09. The van der Waals surface area contributed by atoms with Gasteiger partial charge in [0.1, 0.15) is 0 Å². The van der Waals surface area contributed by atoms with Gasteiger partial charge in [0.05, 0.1) is 0 Å². The lowest BCUT2D eigenvalue weighted by atomic mass is 9.84. The van der Waals surface area contributed by atoms with Gasteiger partial charge in [0.25, 0.3) is 5.56 Å². The molecule has 1 amide bonds. The predicted octanol–water partition coefficient (Wildman–Crippen LogP) is 0.868. The second kappa shape index (κ2) is 6.10. The van der Waals surface area contributed by atoms with E-state index in [0.717, 1.165) is 11.8 Å². The zero-order valence-electron chi connectivity index (χ0n) is 12.9. The molecular formula is C16H23N3O3. The number of aromatic amines is 1. The fraction of sp³-hybridized carbons (Fsp3) is 0.688. The molecule has 6 heteroatoms. The molecule has 1 heterocycles. The third-order valence-corrected chi connectivity index (χ3v) is 5.30. The van der Waals surface area contributed by atoms with Gasteiger partial charge in [-0.25, -0.2) is 4.79 Å². The summed E-state index contributed by atoms with van der Waals surface area (Å²) in [7, 11) is 0. The number of H-pyrrole nitrogens is 1. The standard InChI is InChI=1S/C16H23N3O3/c1-10(13-9-11-2-3-12(13)8-11)17-14(20)4-6-19-7-5-15(21)18-16(19)22/h5,7,10-13H,2-4,6,8-9H2,1H3,(H,17,20)(H,18,21,22)/t10-,11-,12-,13+/m1/s1. The number of nitrogens with one attached hydrogen (secondary N) is 2. The van der Waals surface area contributed by atoms with Crippen LogP contribution in [-0.2, 0) is 11.3 Å². The zero-order chi connectivity index (χ0) is 15.7. The predicted molar refractivity (Wildman–Crippen MR) is 82.5 cm³/mol. The van der Waals surface area contributed by atoms with Gasteiger partial charge in [-0.15, -0.1) is 0 Å². The van der Waals surface area contributed by atoms with Crippen LogP contribution < -0.4 is 16.6 Å². The van der Waals surface area contributed by atoms with E-state index in [4.69, 9.17) is 0 Å². The molecule has 2 fully saturated rings. The topological polar surface area (TPSA) is 84.0 Å². The monoisotopic (exact) mass is 305 g/mol. The summed E-state index contributed by atoms with van der Waals surface area (Å²) in [5.41, 5.74) is -0.892. The summed E-state index contributed by atoms with van der Waals surface area (Å²) >= 11 is 0. The van der Waals surface area contributed by atoms with Crippen molar-refractivity contribution in [1.82, 2.24) is 14.9 Å². The Morgan fingerprint density at radius 2 is 2.23 bits per heavy atom. The van der Waals surface area contributed by atoms with Crippen LogP contribution in [0.25, 0.3) is 0 Å². The van der Waals surface area contributed by atoms with E-state index in [1.165, 1.54) is 42.5 Å². The van der Waals surface area contributed by atoms with Crippen molar-refractivity contribution in [2.75, 3.05) is 0 Å². The fourth-order valence-electron chi connectivity index (χ4n) is 4.18. The first-order valence-corrected chi connectivity index (χ1v) is 8.12. The highest BCUT2D eigenvalue weighted by molar-refractivity contribution is 5.76. The molecule has 2 aliphatic rings. The summed E-state index contributed by atoms with van der Waals surface area (Å²) in [4.78, 5) is 36.8. The Kier molecular flexibility index (Phi) is 4.18. The Morgan fingerprint density at radius 1 is 1.41 bits per heavy atom. The molecule has 2 saturated carbocycles. The van der Waals surface area contributed by atoms with E-state index in [-0.39, 0.29) is 24.9 Å². The van der Waals surface area contributed by atoms with Crippen molar-refractivity contribution in [3.63, 3.8) is 0 Å². The molecule has 0 spiro atoms. The van der Waals surface area contributed by atoms with E-state index in [9.17, 15) is 14.4 Å². The van der Waals surface area contributed by atoms with Crippen molar-refractivity contribution in [3.05, 3.63) is 33.1 Å². The van der Waals surface area contributed by atoms with Gasteiger partial charge in [-0.2, -0.15) is 0 Å². The minimum Gasteiger partial charge on any atom is -0.353 e. The quantitative estimate of drug-likeness (QED) is 0.846. The summed E-state index contributed by atoms with van der Waals surface area (Å²) in [5.74, 6) is 2.23. The van der Waals surface area contributed by atoms with Crippen LogP contribution in [0.2, 0.25) is 0 Å². The first-order chi connectivity index (χ1) is 10.5. The summed E-state index contributed by atoms with van der Waals surface area (Å²) < 4.78 is 1.35. The molecular weight excluding hydrogens is 282 g/mol. The second-order valence-electron chi connectivity index (χ2n) is 6.75. The summed E-state index contributed by atoms with van der Waals surface area (Å²) in [6.07, 6.45) is 6.91. The SMILES string of the molecule is C[C@@H](NC(=O)CCn1ccc(=O)[nH]c1=O)[C@@H]1C[C@@H]2CC[C@@H]1C2. The molecule has 2 N–H and O–H groups in total. The molecule has 6 nitrogen and oxygen atoms in total. The number of carbonyl (C=O) groups is 1. The number of hydrogen-bond donors (Lipinski definition) is 2. The van der Waals surface area contributed by atoms with Gasteiger partial charge in [0.2, 0.25) is 5.91 Å². The molecule has 0 aliphatic heterocycles. The molecule has 3 rings (SSSR count). The Hall–Kier alpha value is -1.85. The lowest BCUT2D eigenvalue weighted by Gasteiger charge is -2.28. The summed E-state index contributed by atoms with van der Waals surface area (Å²) in [6, 6.07) is 1.49. The van der Waals surface area contributed by atoms with Crippen LogP contribution in [0.4, 0.5) is 0 Å². The lowest BCUT2D eigenvalue weighted by Crippen LogP contribution is -2.40. The number of carbonyl (C=O) groups excluding carboxylic acids is 1. The largest absolute Gasteiger partial charge is 0.353 e. The maximum absolute atomic E-state index is 12.1. The Balaban J connectivity index is 1.50. The Morgan fingerprint density at radius 3 is 2.86 bits per heavy atom. The van der Waals surface area contributed by atoms with Gasteiger partial charge < -0.3 is 9.88 Å². The highest BCUT2D eigenvalue weighted by Crippen LogP contribution is 2.49. The number of amides is 1. The van der Waals surface area contributed by atoms with Crippen molar-refractivity contribution in [2.24, 2.45) is 17.8 Å². The van der Waals surface area contributed by atoms with E-state index < -0.39 is 11.2 Å². The molecule has 1 aromatic heterocycles. The van der Waals surface area contributed by atoms with Gasteiger partial charge >= 0.3 is 5.69 Å². The molecule has 1 aromatic rings. The molecule has 120 valence electrons. The summed E-state index contributed by atoms with van der Waals surface area (Å²) in [5, 5.41) is 3.08. The van der Waals surface area contributed by atoms with Crippen LogP contribution in [0, 0.1) is 17.8 Å². The molecule has 0 unspecified atom stereocenters. The molecule has 0 radical (unpaired) electrons. The van der Waals surface area contributed by atoms with Crippen molar-refractivity contribution >= 4 is 5.91 Å². The minimum absolute atomic E-state index is 0.0339. The molecule has 0 aromatic carbocycles. The van der Waals surface area contributed by atoms with Crippen LogP contribution in [0.1, 0.15) is 39.0 Å². The minimum atomic E-state index is -0.471. The average molecular weight is 305 g/mol. The first-order valence-electron chi connectivity index (χ1n) is 8.12. The smallest absolute Gasteiger partial charge is 0.328 e. The number of hydrogen-bond acceptors (Lipinski definition) is 3. The van der Waals surface area contributed by atoms with Gasteiger partial charge in [0.15, 0.2) is 0 Å². The maximum Gasteiger partial charge on any atom is 0.328 e. The lowest BCUT2D eigenvalue weighted by molar-refractivity contribution is -0.122. The highest BCUT2D eigenvalue weighted by atomic mass is 16.2. The fourth-order valence-corrected chi connectivity index (χ4v) is 4.18. The van der Waals surface area contributed by atoms with Crippen LogP contribution in [0.15, 0.2) is 21.9 Å². The van der Waals surface area contributed by atoms with Crippen LogP contribution in [0.3, 0.4) is 0 Å². The third kappa shape index (κ3) is 3.15. The van der Waals surface area contributed by atoms with E-state index in [0.29, 0.717) is 5.92 Å². The van der Waals surface area contributed by atoms with Crippen LogP contribution in [-0.4, -0.2) is 21.5 Å². The molecule has 4 atom stereocenters. The zero-order valence-corrected chi connectivity index (χ0v) is 12.9. The van der Waals surface area contributed by atoms with Crippen molar-refractivity contribution < 1.29 is 4.79 Å². The second-order valence-corrected chi connectivity index (χ2v) is 6.75. The number of rotatable bonds is 5. The first kappa shape index (κ1) is 15.1. The summed E-state index contributed by atoms with van der Waals surface area (Å²) in [6.45, 7) is 2.38. The molecule has 22 heavy (non-hydrogen) atoms. The van der Waals surface area contributed by atoms with Gasteiger partial charge in [0, 0.05) is 31.3 Å². The van der Waals surface area contributed by atoms with Crippen molar-refractivity contribution in [2.45, 2.75) is 51.6 Å². The highest BCUT2D eigenvalue weighted by Gasteiger charge is 2.42. The number of fused-ring (bicyclic) bond motifs is 2. The van der Waals surface area contributed by atoms with E-state index in [2.05, 4.69) is 17.2 Å². The van der Waals surface area contributed by atoms with Gasteiger partial charge in [-0.1, -0.05) is 6.42 Å². The van der Waals surface area contributed by atoms with E-state index >= 15 is 0 Å². The van der Waals surface area contributed by atoms with Crippen molar-refractivity contribution in [3.8, 4) is 0 Å². The number of nitrogens with zero attached hydrogens (tertiary/aromatic N) is 1. The Labute approximate surface area is 128 Å². The molecule has 2 bridgehead atoms. The number of aromatic nitrogens is 2. The van der Waals surface area contributed by atoms with Crippen molar-refractivity contribution in [1.29, 1.82) is 0 Å². The molecule has 0 saturated heterocycles. The van der Waals surface area contributed by atoms with Crippen LogP contribution >= 0.6 is 0 Å². The normalized spacial score (nSPS) is 27.8. The van der Waals surface area contributed by atoms with Gasteiger partial charge in [-0.05, 0) is 43.9 Å². The van der Waals surface area contributed by atoms with Gasteiger partial charge in [-0.3, -0.25) is 14.6 Å². The van der Waals surface area contributed by atoms with E-state index in [1.807, 2.05) is 0 Å². The maximum atomic E-state index is 12.1. The van der Waals surface area contributed by atoms with E-state index in [1.54, 1.807) is 0 Å².